The molecule has 2 rings (SSSR count). The van der Waals surface area contributed by atoms with Crippen molar-refractivity contribution in [3.63, 3.8) is 0 Å². The summed E-state index contributed by atoms with van der Waals surface area (Å²) in [6.45, 7) is 7.40. The Morgan fingerprint density at radius 1 is 1.17 bits per heavy atom. The van der Waals surface area contributed by atoms with E-state index in [1.54, 1.807) is 0 Å². The molecule has 1 aromatic heterocycles. The van der Waals surface area contributed by atoms with E-state index >= 15 is 0 Å². The van der Waals surface area contributed by atoms with E-state index in [0.717, 1.165) is 17.8 Å². The number of aryl methyl sites for hydroxylation is 1. The first-order valence-corrected chi connectivity index (χ1v) is 6.49. The quantitative estimate of drug-likeness (QED) is 0.896. The maximum absolute atomic E-state index is 6.23. The highest BCUT2D eigenvalue weighted by Gasteiger charge is 2.12. The van der Waals surface area contributed by atoms with Gasteiger partial charge in [0.1, 0.15) is 0 Å². The monoisotopic (exact) mass is 243 g/mol. The van der Waals surface area contributed by atoms with Crippen LogP contribution in [-0.4, -0.2) is 9.55 Å². The molecule has 0 aliphatic rings. The predicted octanol–water partition coefficient (Wildman–Crippen LogP) is 3.07. The summed E-state index contributed by atoms with van der Waals surface area (Å²) >= 11 is 0. The van der Waals surface area contributed by atoms with Gasteiger partial charge >= 0.3 is 0 Å². The Balaban J connectivity index is 2.20. The van der Waals surface area contributed by atoms with Gasteiger partial charge in [0.05, 0.1) is 18.1 Å². The van der Waals surface area contributed by atoms with E-state index in [4.69, 9.17) is 5.73 Å². The first-order chi connectivity index (χ1) is 8.61. The molecule has 0 aliphatic carbocycles. The standard InChI is InChI=1S/C15H21N3/c1-4-18-9-14(17-10-18)15(16)13-7-5-12(6-8-13)11(2)3/h5-11,15H,4,16H2,1-3H3. The molecule has 2 N–H and O–H groups in total. The van der Waals surface area contributed by atoms with Crippen LogP contribution in [-0.2, 0) is 6.54 Å². The molecule has 0 radical (unpaired) electrons. The molecule has 0 saturated heterocycles. The lowest BCUT2D eigenvalue weighted by molar-refractivity contribution is 0.757. The third-order valence-electron chi connectivity index (χ3n) is 3.30. The molecule has 1 unspecified atom stereocenters. The van der Waals surface area contributed by atoms with Crippen molar-refractivity contribution in [2.75, 3.05) is 0 Å². The van der Waals surface area contributed by atoms with Crippen LogP contribution in [0.25, 0.3) is 0 Å². The highest BCUT2D eigenvalue weighted by atomic mass is 15.0. The van der Waals surface area contributed by atoms with Crippen molar-refractivity contribution >= 4 is 0 Å². The Hall–Kier alpha value is -1.61. The second kappa shape index (κ2) is 5.36. The molecule has 3 nitrogen and oxygen atoms in total. The van der Waals surface area contributed by atoms with Gasteiger partial charge in [-0.2, -0.15) is 0 Å². The van der Waals surface area contributed by atoms with Crippen molar-refractivity contribution in [1.29, 1.82) is 0 Å². The molecule has 0 amide bonds. The SMILES string of the molecule is CCn1cnc(C(N)c2ccc(C(C)C)cc2)c1. The number of nitrogens with two attached hydrogens (primary N) is 1. The van der Waals surface area contributed by atoms with Crippen molar-refractivity contribution in [3.05, 3.63) is 53.6 Å². The maximum Gasteiger partial charge on any atom is 0.0950 e. The number of imidazole rings is 1. The largest absolute Gasteiger partial charge is 0.337 e. The van der Waals surface area contributed by atoms with Crippen LogP contribution in [0.5, 0.6) is 0 Å². The van der Waals surface area contributed by atoms with Crippen molar-refractivity contribution in [1.82, 2.24) is 9.55 Å². The molecule has 1 aromatic carbocycles. The molecule has 1 heterocycles. The Morgan fingerprint density at radius 3 is 2.28 bits per heavy atom. The van der Waals surface area contributed by atoms with Crippen LogP contribution in [0.1, 0.15) is 49.6 Å². The molecule has 0 bridgehead atoms. The number of benzene rings is 1. The summed E-state index contributed by atoms with van der Waals surface area (Å²) < 4.78 is 2.04. The molecule has 2 aromatic rings. The average Bonchev–Trinajstić information content (AvgIpc) is 2.86. The van der Waals surface area contributed by atoms with Crippen molar-refractivity contribution in [3.8, 4) is 0 Å². The predicted molar refractivity (Wildman–Crippen MR) is 74.5 cm³/mol. The lowest BCUT2D eigenvalue weighted by atomic mass is 9.98. The highest BCUT2D eigenvalue weighted by molar-refractivity contribution is 5.30. The van der Waals surface area contributed by atoms with Gasteiger partial charge in [-0.05, 0) is 24.0 Å². The first-order valence-electron chi connectivity index (χ1n) is 6.49. The third-order valence-corrected chi connectivity index (χ3v) is 3.30. The Kier molecular flexibility index (Phi) is 3.82. The van der Waals surface area contributed by atoms with Gasteiger partial charge in [-0.1, -0.05) is 38.1 Å². The topological polar surface area (TPSA) is 43.8 Å². The Bertz CT molecular complexity index is 497. The zero-order valence-electron chi connectivity index (χ0n) is 11.3. The summed E-state index contributed by atoms with van der Waals surface area (Å²) in [4.78, 5) is 4.36. The van der Waals surface area contributed by atoms with E-state index in [1.165, 1.54) is 5.56 Å². The molecular weight excluding hydrogens is 222 g/mol. The van der Waals surface area contributed by atoms with Gasteiger partial charge in [-0.15, -0.1) is 0 Å². The van der Waals surface area contributed by atoms with Gasteiger partial charge in [-0.25, -0.2) is 4.98 Å². The lowest BCUT2D eigenvalue weighted by Gasteiger charge is -2.11. The van der Waals surface area contributed by atoms with E-state index in [-0.39, 0.29) is 6.04 Å². The van der Waals surface area contributed by atoms with Crippen LogP contribution >= 0.6 is 0 Å². The van der Waals surface area contributed by atoms with Crippen LogP contribution in [0.15, 0.2) is 36.8 Å². The summed E-state index contributed by atoms with van der Waals surface area (Å²) in [5.41, 5.74) is 9.61. The van der Waals surface area contributed by atoms with Gasteiger partial charge in [0.15, 0.2) is 0 Å². The zero-order valence-corrected chi connectivity index (χ0v) is 11.3. The fourth-order valence-electron chi connectivity index (χ4n) is 1.97. The Labute approximate surface area is 109 Å². The van der Waals surface area contributed by atoms with Gasteiger partial charge in [0.25, 0.3) is 0 Å². The van der Waals surface area contributed by atoms with Gasteiger partial charge in [0, 0.05) is 12.7 Å². The minimum atomic E-state index is -0.140. The fourth-order valence-corrected chi connectivity index (χ4v) is 1.97. The van der Waals surface area contributed by atoms with Gasteiger partial charge in [0.2, 0.25) is 0 Å². The number of rotatable bonds is 4. The molecule has 1 atom stereocenters. The van der Waals surface area contributed by atoms with Crippen LogP contribution in [0, 0.1) is 0 Å². The fraction of sp³-hybridized carbons (Fsp3) is 0.400. The summed E-state index contributed by atoms with van der Waals surface area (Å²) in [6, 6.07) is 8.36. The molecule has 96 valence electrons. The van der Waals surface area contributed by atoms with Crippen LogP contribution in [0.4, 0.5) is 0 Å². The second-order valence-electron chi connectivity index (χ2n) is 4.93. The minimum absolute atomic E-state index is 0.140. The van der Waals surface area contributed by atoms with E-state index in [2.05, 4.69) is 50.0 Å². The maximum atomic E-state index is 6.23. The van der Waals surface area contributed by atoms with Crippen molar-refractivity contribution < 1.29 is 0 Å². The van der Waals surface area contributed by atoms with Gasteiger partial charge in [-0.3, -0.25) is 0 Å². The molecule has 0 saturated carbocycles. The minimum Gasteiger partial charge on any atom is -0.337 e. The number of hydrogen-bond donors (Lipinski definition) is 1. The van der Waals surface area contributed by atoms with Crippen molar-refractivity contribution in [2.24, 2.45) is 5.73 Å². The summed E-state index contributed by atoms with van der Waals surface area (Å²) in [6.07, 6.45) is 3.85. The molecule has 0 spiro atoms. The smallest absolute Gasteiger partial charge is 0.0950 e. The molecular formula is C15H21N3. The molecule has 18 heavy (non-hydrogen) atoms. The van der Waals surface area contributed by atoms with Crippen LogP contribution < -0.4 is 5.73 Å². The van der Waals surface area contributed by atoms with E-state index in [0.29, 0.717) is 5.92 Å². The molecule has 0 aliphatic heterocycles. The highest BCUT2D eigenvalue weighted by Crippen LogP contribution is 2.21. The lowest BCUT2D eigenvalue weighted by Crippen LogP contribution is -2.12. The number of nitrogens with zero attached hydrogens (tertiary/aromatic N) is 2. The first kappa shape index (κ1) is 12.8. The Morgan fingerprint density at radius 2 is 1.78 bits per heavy atom. The number of hydrogen-bond acceptors (Lipinski definition) is 2. The van der Waals surface area contributed by atoms with E-state index < -0.39 is 0 Å². The van der Waals surface area contributed by atoms with Crippen molar-refractivity contribution in [2.45, 2.75) is 39.3 Å². The molecule has 3 heteroatoms. The van der Waals surface area contributed by atoms with E-state index in [9.17, 15) is 0 Å². The summed E-state index contributed by atoms with van der Waals surface area (Å²) in [5.74, 6) is 0.551. The van der Waals surface area contributed by atoms with Gasteiger partial charge < -0.3 is 10.3 Å². The number of aromatic nitrogens is 2. The summed E-state index contributed by atoms with van der Waals surface area (Å²) in [5, 5.41) is 0. The van der Waals surface area contributed by atoms with Crippen LogP contribution in [0.3, 0.4) is 0 Å². The zero-order chi connectivity index (χ0) is 13.1. The second-order valence-corrected chi connectivity index (χ2v) is 4.93. The van der Waals surface area contributed by atoms with E-state index in [1.807, 2.05) is 17.1 Å². The summed E-state index contributed by atoms with van der Waals surface area (Å²) in [7, 11) is 0. The normalized spacial score (nSPS) is 12.9. The molecule has 0 fully saturated rings. The average molecular weight is 243 g/mol. The third kappa shape index (κ3) is 2.62. The van der Waals surface area contributed by atoms with Crippen LogP contribution in [0.2, 0.25) is 0 Å².